The number of nitrogens with zero attached hydrogens (tertiary/aromatic N) is 1. The summed E-state index contributed by atoms with van der Waals surface area (Å²) in [6.45, 7) is -2.88. The van der Waals surface area contributed by atoms with E-state index < -0.39 is 6.61 Å². The highest BCUT2D eigenvalue weighted by molar-refractivity contribution is 6.49. The standard InChI is InChI=1S/C10H6ClF2NO/c11-9(4-5-14)7-2-1-3-8(6-7)15-10(12)13/h1-4,6,10H/b9-4-. The van der Waals surface area contributed by atoms with Gasteiger partial charge in [0.05, 0.1) is 11.1 Å². The fourth-order valence-electron chi connectivity index (χ4n) is 0.961. The van der Waals surface area contributed by atoms with Crippen molar-refractivity contribution in [2.24, 2.45) is 0 Å². The largest absolute Gasteiger partial charge is 0.435 e. The van der Waals surface area contributed by atoms with Crippen molar-refractivity contribution in [2.45, 2.75) is 6.61 Å². The minimum absolute atomic E-state index is 0.00647. The summed E-state index contributed by atoms with van der Waals surface area (Å²) in [5.41, 5.74) is 0.455. The molecule has 0 radical (unpaired) electrons. The molecule has 0 bridgehead atoms. The summed E-state index contributed by atoms with van der Waals surface area (Å²) in [5, 5.41) is 8.53. The molecule has 1 aromatic rings. The zero-order valence-electron chi connectivity index (χ0n) is 7.45. The van der Waals surface area contributed by atoms with Gasteiger partial charge in [-0.25, -0.2) is 0 Å². The number of hydrogen-bond donors (Lipinski definition) is 0. The van der Waals surface area contributed by atoms with E-state index in [0.717, 1.165) is 6.08 Å². The molecule has 78 valence electrons. The van der Waals surface area contributed by atoms with Crippen molar-refractivity contribution in [1.29, 1.82) is 5.26 Å². The molecule has 0 fully saturated rings. The lowest BCUT2D eigenvalue weighted by Crippen LogP contribution is -2.01. The molecule has 1 aromatic carbocycles. The lowest BCUT2D eigenvalue weighted by molar-refractivity contribution is -0.0498. The van der Waals surface area contributed by atoms with Crippen molar-refractivity contribution in [2.75, 3.05) is 0 Å². The molecule has 0 spiro atoms. The molecule has 2 nitrogen and oxygen atoms in total. The molecule has 5 heteroatoms. The average Bonchev–Trinajstić information content (AvgIpc) is 2.17. The van der Waals surface area contributed by atoms with E-state index in [2.05, 4.69) is 4.74 Å². The molecule has 0 unspecified atom stereocenters. The fraction of sp³-hybridized carbons (Fsp3) is 0.100. The molecule has 1 rings (SSSR count). The Morgan fingerprint density at radius 3 is 2.87 bits per heavy atom. The maximum Gasteiger partial charge on any atom is 0.387 e. The van der Waals surface area contributed by atoms with Gasteiger partial charge in [0.25, 0.3) is 0 Å². The third-order valence-corrected chi connectivity index (χ3v) is 1.85. The Balaban J connectivity index is 2.93. The molecule has 0 saturated heterocycles. The Labute approximate surface area is 90.3 Å². The second-order valence-corrected chi connectivity index (χ2v) is 2.93. The average molecular weight is 230 g/mol. The fourth-order valence-corrected chi connectivity index (χ4v) is 1.13. The Bertz CT molecular complexity index is 412. The number of ether oxygens (including phenoxy) is 1. The normalized spacial score (nSPS) is 11.3. The Kier molecular flexibility index (Phi) is 4.07. The van der Waals surface area contributed by atoms with Gasteiger partial charge in [0.15, 0.2) is 0 Å². The van der Waals surface area contributed by atoms with Crippen molar-refractivity contribution in [1.82, 2.24) is 0 Å². The molecule has 0 saturated carbocycles. The summed E-state index contributed by atoms with van der Waals surface area (Å²) in [5.74, 6) is 0.00647. The van der Waals surface area contributed by atoms with E-state index in [4.69, 9.17) is 16.9 Å². The zero-order valence-corrected chi connectivity index (χ0v) is 8.21. The Hall–Kier alpha value is -1.60. The first-order chi connectivity index (χ1) is 7.13. The minimum atomic E-state index is -2.88. The lowest BCUT2D eigenvalue weighted by atomic mass is 10.2. The highest BCUT2D eigenvalue weighted by Crippen LogP contribution is 2.23. The van der Waals surface area contributed by atoms with Crippen LogP contribution in [0.4, 0.5) is 8.78 Å². The molecular weight excluding hydrogens is 224 g/mol. The topological polar surface area (TPSA) is 33.0 Å². The molecule has 0 aromatic heterocycles. The van der Waals surface area contributed by atoms with Gasteiger partial charge in [-0.3, -0.25) is 0 Å². The number of nitriles is 1. The number of allylic oxidation sites excluding steroid dienone is 1. The van der Waals surface area contributed by atoms with Crippen LogP contribution in [-0.2, 0) is 0 Å². The predicted octanol–water partition coefficient (Wildman–Crippen LogP) is 3.39. The number of hydrogen-bond acceptors (Lipinski definition) is 2. The van der Waals surface area contributed by atoms with Crippen molar-refractivity contribution in [3.8, 4) is 11.8 Å². The smallest absolute Gasteiger partial charge is 0.387 e. The van der Waals surface area contributed by atoms with Crippen LogP contribution in [0.3, 0.4) is 0 Å². The molecule has 0 atom stereocenters. The van der Waals surface area contributed by atoms with E-state index in [1.54, 1.807) is 12.1 Å². The Morgan fingerprint density at radius 1 is 1.53 bits per heavy atom. The molecule has 0 aliphatic rings. The second kappa shape index (κ2) is 5.32. The minimum Gasteiger partial charge on any atom is -0.435 e. The number of halogens is 3. The van der Waals surface area contributed by atoms with Crippen LogP contribution in [0.2, 0.25) is 0 Å². The number of benzene rings is 1. The first-order valence-corrected chi connectivity index (χ1v) is 4.32. The quantitative estimate of drug-likeness (QED) is 0.745. The molecule has 0 N–H and O–H groups in total. The Morgan fingerprint density at radius 2 is 2.27 bits per heavy atom. The van der Waals surface area contributed by atoms with Crippen molar-refractivity contribution >= 4 is 16.6 Å². The van der Waals surface area contributed by atoms with Crippen LogP contribution < -0.4 is 4.74 Å². The highest BCUT2D eigenvalue weighted by Gasteiger charge is 2.05. The molecular formula is C10H6ClF2NO. The van der Waals surface area contributed by atoms with Crippen LogP contribution in [0.25, 0.3) is 5.03 Å². The van der Waals surface area contributed by atoms with E-state index in [-0.39, 0.29) is 10.8 Å². The summed E-state index contributed by atoms with van der Waals surface area (Å²) < 4.78 is 27.9. The van der Waals surface area contributed by atoms with Gasteiger partial charge >= 0.3 is 6.61 Å². The first kappa shape index (κ1) is 11.5. The summed E-state index contributed by atoms with van der Waals surface area (Å²) in [4.78, 5) is 0. The monoisotopic (exact) mass is 229 g/mol. The van der Waals surface area contributed by atoms with E-state index in [0.29, 0.717) is 5.56 Å². The highest BCUT2D eigenvalue weighted by atomic mass is 35.5. The molecule has 15 heavy (non-hydrogen) atoms. The van der Waals surface area contributed by atoms with Crippen LogP contribution in [0, 0.1) is 11.3 Å². The van der Waals surface area contributed by atoms with Gasteiger partial charge in [-0.05, 0) is 17.7 Å². The zero-order chi connectivity index (χ0) is 11.3. The first-order valence-electron chi connectivity index (χ1n) is 3.94. The van der Waals surface area contributed by atoms with Crippen LogP contribution in [0.15, 0.2) is 30.3 Å². The van der Waals surface area contributed by atoms with E-state index in [1.807, 2.05) is 0 Å². The number of rotatable bonds is 3. The molecule has 0 amide bonds. The summed E-state index contributed by atoms with van der Waals surface area (Å²) in [7, 11) is 0. The van der Waals surface area contributed by atoms with Crippen LogP contribution in [0.1, 0.15) is 5.56 Å². The van der Waals surface area contributed by atoms with Gasteiger partial charge in [-0.2, -0.15) is 14.0 Å². The lowest BCUT2D eigenvalue weighted by Gasteiger charge is -2.05. The van der Waals surface area contributed by atoms with Crippen LogP contribution >= 0.6 is 11.6 Å². The van der Waals surface area contributed by atoms with Gasteiger partial charge in [-0.15, -0.1) is 0 Å². The van der Waals surface area contributed by atoms with Crippen LogP contribution in [0.5, 0.6) is 5.75 Å². The summed E-state index contributed by atoms with van der Waals surface area (Å²) in [6, 6.07) is 7.57. The molecule has 0 aliphatic heterocycles. The van der Waals surface area contributed by atoms with Crippen LogP contribution in [-0.4, -0.2) is 6.61 Å². The summed E-state index contributed by atoms with van der Waals surface area (Å²) >= 11 is 5.71. The summed E-state index contributed by atoms with van der Waals surface area (Å²) in [6.07, 6.45) is 1.11. The third kappa shape index (κ3) is 3.56. The molecule has 0 aliphatic carbocycles. The van der Waals surface area contributed by atoms with Crippen molar-refractivity contribution < 1.29 is 13.5 Å². The third-order valence-electron chi connectivity index (χ3n) is 1.53. The maximum atomic E-state index is 11.9. The van der Waals surface area contributed by atoms with Crippen molar-refractivity contribution in [3.63, 3.8) is 0 Å². The van der Waals surface area contributed by atoms with Gasteiger partial charge < -0.3 is 4.74 Å². The maximum absolute atomic E-state index is 11.9. The van der Waals surface area contributed by atoms with E-state index in [9.17, 15) is 8.78 Å². The predicted molar refractivity (Wildman–Crippen MR) is 52.5 cm³/mol. The molecule has 0 heterocycles. The van der Waals surface area contributed by atoms with Crippen molar-refractivity contribution in [3.05, 3.63) is 35.9 Å². The van der Waals surface area contributed by atoms with E-state index in [1.165, 1.54) is 18.2 Å². The second-order valence-electron chi connectivity index (χ2n) is 2.53. The van der Waals surface area contributed by atoms with Gasteiger partial charge in [0, 0.05) is 6.08 Å². The van der Waals surface area contributed by atoms with Gasteiger partial charge in [0.2, 0.25) is 0 Å². The van der Waals surface area contributed by atoms with Gasteiger partial charge in [0.1, 0.15) is 5.75 Å². The SMILES string of the molecule is N#C/C=C(\Cl)c1cccc(OC(F)F)c1. The number of alkyl halides is 2. The van der Waals surface area contributed by atoms with E-state index >= 15 is 0 Å². The van der Waals surface area contributed by atoms with Gasteiger partial charge in [-0.1, -0.05) is 23.7 Å².